The summed E-state index contributed by atoms with van der Waals surface area (Å²) in [4.78, 5) is 30.4. The summed E-state index contributed by atoms with van der Waals surface area (Å²) in [6.07, 6.45) is 1.18. The highest BCUT2D eigenvalue weighted by molar-refractivity contribution is 7.18. The molecule has 4 rings (SSSR count). The fraction of sp³-hybridized carbons (Fsp3) is 0.174. The number of fused-ring (bicyclic) bond motifs is 1. The number of aryl methyl sites for hydroxylation is 1. The molecule has 2 aromatic carbocycles. The number of nitrogens with zero attached hydrogens (tertiary/aromatic N) is 4. The molecule has 0 aliphatic heterocycles. The van der Waals surface area contributed by atoms with Crippen LogP contribution < -0.4 is 5.56 Å². The Bertz CT molecular complexity index is 1380. The van der Waals surface area contributed by atoms with Crippen LogP contribution in [0.3, 0.4) is 0 Å². The first-order chi connectivity index (χ1) is 15.0. The van der Waals surface area contributed by atoms with Crippen LogP contribution in [0.5, 0.6) is 0 Å². The fourth-order valence-corrected chi connectivity index (χ4v) is 4.40. The van der Waals surface area contributed by atoms with Crippen molar-refractivity contribution >= 4 is 27.2 Å². The van der Waals surface area contributed by atoms with Crippen LogP contribution in [0.4, 0.5) is 5.69 Å². The van der Waals surface area contributed by atoms with Gasteiger partial charge in [0.1, 0.15) is 10.7 Å². The Hall–Kier alpha value is -3.83. The van der Waals surface area contributed by atoms with Crippen molar-refractivity contribution < 1.29 is 4.92 Å². The third-order valence-corrected chi connectivity index (χ3v) is 6.21. The van der Waals surface area contributed by atoms with Gasteiger partial charge in [0, 0.05) is 23.4 Å². The van der Waals surface area contributed by atoms with Crippen molar-refractivity contribution in [3.8, 4) is 6.07 Å². The summed E-state index contributed by atoms with van der Waals surface area (Å²) < 4.78 is 1.63. The zero-order chi connectivity index (χ0) is 22.0. The van der Waals surface area contributed by atoms with E-state index in [0.717, 1.165) is 22.4 Å². The van der Waals surface area contributed by atoms with Crippen LogP contribution in [0, 0.1) is 21.4 Å². The first-order valence-corrected chi connectivity index (χ1v) is 10.5. The lowest BCUT2D eigenvalue weighted by Crippen LogP contribution is -2.25. The Morgan fingerprint density at radius 3 is 2.61 bits per heavy atom. The maximum atomic E-state index is 13.3. The quantitative estimate of drug-likeness (QED) is 0.332. The monoisotopic (exact) mass is 430 g/mol. The highest BCUT2D eigenvalue weighted by Crippen LogP contribution is 2.23. The topological polar surface area (TPSA) is 102 Å². The van der Waals surface area contributed by atoms with Gasteiger partial charge < -0.3 is 0 Å². The smallest absolute Gasteiger partial charge is 0.269 e. The van der Waals surface area contributed by atoms with Crippen LogP contribution in [-0.4, -0.2) is 14.5 Å². The number of nitro groups is 1. The first kappa shape index (κ1) is 20.4. The summed E-state index contributed by atoms with van der Waals surface area (Å²) in [6.45, 7) is 2.32. The van der Waals surface area contributed by atoms with Gasteiger partial charge in [-0.05, 0) is 35.7 Å². The van der Waals surface area contributed by atoms with Gasteiger partial charge in [0.2, 0.25) is 0 Å². The maximum absolute atomic E-state index is 13.3. The van der Waals surface area contributed by atoms with Gasteiger partial charge in [-0.3, -0.25) is 19.5 Å². The largest absolute Gasteiger partial charge is 0.291 e. The average molecular weight is 430 g/mol. The van der Waals surface area contributed by atoms with Crippen molar-refractivity contribution in [3.05, 3.63) is 102 Å². The molecule has 0 saturated carbocycles. The molecule has 0 aliphatic carbocycles. The highest BCUT2D eigenvalue weighted by atomic mass is 32.1. The molecule has 0 atom stereocenters. The van der Waals surface area contributed by atoms with E-state index in [0.29, 0.717) is 28.0 Å². The lowest BCUT2D eigenvalue weighted by Gasteiger charge is -2.13. The second-order valence-electron chi connectivity index (χ2n) is 7.12. The third-order valence-electron chi connectivity index (χ3n) is 5.04. The standard InChI is InChI=1S/C23H18N4O3S/c1-2-19-12-20-22(31-19)25-21(11-15-6-8-18(9-7-15)27(29)30)26(23(20)28)14-17-5-3-4-16(10-17)13-24/h3-10,12H,2,11,14H2,1H3. The number of thiophene rings is 1. The van der Waals surface area contributed by atoms with Crippen LogP contribution in [-0.2, 0) is 19.4 Å². The molecule has 0 bridgehead atoms. The molecular weight excluding hydrogens is 412 g/mol. The van der Waals surface area contributed by atoms with E-state index in [1.807, 2.05) is 19.1 Å². The number of non-ortho nitro benzene ring substituents is 1. The highest BCUT2D eigenvalue weighted by Gasteiger charge is 2.15. The molecule has 0 aliphatic rings. The molecule has 0 saturated heterocycles. The number of aromatic nitrogens is 2. The minimum Gasteiger partial charge on any atom is -0.291 e. The van der Waals surface area contributed by atoms with Gasteiger partial charge in [0.05, 0.1) is 28.5 Å². The molecule has 2 heterocycles. The van der Waals surface area contributed by atoms with E-state index in [2.05, 4.69) is 6.07 Å². The average Bonchev–Trinajstić information content (AvgIpc) is 3.20. The lowest BCUT2D eigenvalue weighted by atomic mass is 10.1. The molecule has 31 heavy (non-hydrogen) atoms. The number of nitro benzene ring substituents is 1. The van der Waals surface area contributed by atoms with Crippen molar-refractivity contribution in [2.45, 2.75) is 26.3 Å². The van der Waals surface area contributed by atoms with Crippen LogP contribution in [0.1, 0.15) is 34.3 Å². The van der Waals surface area contributed by atoms with Gasteiger partial charge in [-0.1, -0.05) is 31.2 Å². The van der Waals surface area contributed by atoms with Crippen LogP contribution in [0.15, 0.2) is 59.4 Å². The van der Waals surface area contributed by atoms with E-state index >= 15 is 0 Å². The van der Waals surface area contributed by atoms with Gasteiger partial charge in [0.25, 0.3) is 11.2 Å². The summed E-state index contributed by atoms with van der Waals surface area (Å²) in [6, 6.07) is 17.4. The van der Waals surface area contributed by atoms with Crippen LogP contribution >= 0.6 is 11.3 Å². The number of hydrogen-bond acceptors (Lipinski definition) is 6. The molecule has 0 spiro atoms. The van der Waals surface area contributed by atoms with Crippen molar-refractivity contribution in [1.82, 2.24) is 9.55 Å². The zero-order valence-corrected chi connectivity index (χ0v) is 17.6. The minimum atomic E-state index is -0.440. The van der Waals surface area contributed by atoms with Crippen molar-refractivity contribution in [3.63, 3.8) is 0 Å². The molecule has 7 nitrogen and oxygen atoms in total. The van der Waals surface area contributed by atoms with E-state index in [1.54, 1.807) is 34.9 Å². The first-order valence-electron chi connectivity index (χ1n) is 9.73. The number of nitriles is 1. The van der Waals surface area contributed by atoms with Crippen molar-refractivity contribution in [1.29, 1.82) is 5.26 Å². The summed E-state index contributed by atoms with van der Waals surface area (Å²) >= 11 is 1.51. The molecule has 154 valence electrons. The Labute approximate surface area is 182 Å². The Morgan fingerprint density at radius 2 is 1.94 bits per heavy atom. The van der Waals surface area contributed by atoms with Crippen LogP contribution in [0.2, 0.25) is 0 Å². The van der Waals surface area contributed by atoms with Crippen molar-refractivity contribution in [2.75, 3.05) is 0 Å². The number of hydrogen-bond donors (Lipinski definition) is 0. The zero-order valence-electron chi connectivity index (χ0n) is 16.7. The molecule has 4 aromatic rings. The van der Waals surface area contributed by atoms with Gasteiger partial charge in [-0.25, -0.2) is 4.98 Å². The van der Waals surface area contributed by atoms with E-state index in [-0.39, 0.29) is 17.8 Å². The molecule has 0 fully saturated rings. The molecule has 8 heteroatoms. The molecule has 0 unspecified atom stereocenters. The van der Waals surface area contributed by atoms with Gasteiger partial charge >= 0.3 is 0 Å². The summed E-state index contributed by atoms with van der Waals surface area (Å²) in [5.74, 6) is 0.582. The van der Waals surface area contributed by atoms with Gasteiger partial charge in [-0.2, -0.15) is 5.26 Å². The SMILES string of the molecule is CCc1cc2c(=O)n(Cc3cccc(C#N)c3)c(Cc3ccc([N+](=O)[O-])cc3)nc2s1. The van der Waals surface area contributed by atoms with E-state index in [1.165, 1.54) is 23.5 Å². The maximum Gasteiger partial charge on any atom is 0.269 e. The second-order valence-corrected chi connectivity index (χ2v) is 8.23. The lowest BCUT2D eigenvalue weighted by molar-refractivity contribution is -0.384. The van der Waals surface area contributed by atoms with Crippen molar-refractivity contribution in [2.24, 2.45) is 0 Å². The van der Waals surface area contributed by atoms with E-state index in [4.69, 9.17) is 4.98 Å². The predicted octanol–water partition coefficient (Wildman–Crippen LogP) is 4.44. The normalized spacial score (nSPS) is 10.8. The molecular formula is C23H18N4O3S. The summed E-state index contributed by atoms with van der Waals surface area (Å²) in [5.41, 5.74) is 2.08. The van der Waals surface area contributed by atoms with Gasteiger partial charge in [-0.15, -0.1) is 11.3 Å². The molecule has 0 radical (unpaired) electrons. The second kappa shape index (κ2) is 8.50. The minimum absolute atomic E-state index is 0.0173. The Kier molecular flexibility index (Phi) is 5.60. The Morgan fingerprint density at radius 1 is 1.16 bits per heavy atom. The predicted molar refractivity (Wildman–Crippen MR) is 119 cm³/mol. The van der Waals surface area contributed by atoms with Gasteiger partial charge in [0.15, 0.2) is 0 Å². The summed E-state index contributed by atoms with van der Waals surface area (Å²) in [5, 5.41) is 20.7. The number of benzene rings is 2. The molecule has 0 N–H and O–H groups in total. The fourth-order valence-electron chi connectivity index (χ4n) is 3.42. The number of rotatable bonds is 6. The summed E-state index contributed by atoms with van der Waals surface area (Å²) in [7, 11) is 0. The van der Waals surface area contributed by atoms with E-state index < -0.39 is 4.92 Å². The third kappa shape index (κ3) is 4.22. The van der Waals surface area contributed by atoms with Crippen LogP contribution in [0.25, 0.3) is 10.2 Å². The van der Waals surface area contributed by atoms with E-state index in [9.17, 15) is 20.2 Å². The molecule has 0 amide bonds. The molecule has 2 aromatic heterocycles. The Balaban J connectivity index is 1.81.